The lowest BCUT2D eigenvalue weighted by Crippen LogP contribution is -2.48. The Morgan fingerprint density at radius 1 is 0.966 bits per heavy atom. The molecule has 4 rings (SSSR count). The first kappa shape index (κ1) is 19.3. The SMILES string of the molecule is O=C(CN1CCN(c2ccc(O)cc2)CC1)Nc1ccccc1N1CCCC1=O. The number of anilines is 3. The fourth-order valence-corrected chi connectivity index (χ4v) is 3.94. The van der Waals surface area contributed by atoms with Crippen molar-refractivity contribution in [3.8, 4) is 5.75 Å². The smallest absolute Gasteiger partial charge is 0.238 e. The highest BCUT2D eigenvalue weighted by molar-refractivity contribution is 6.02. The number of phenolic OH excluding ortho intramolecular Hbond substituents is 1. The number of nitrogens with zero attached hydrogens (tertiary/aromatic N) is 3. The molecule has 0 spiro atoms. The van der Waals surface area contributed by atoms with E-state index in [1.165, 1.54) is 0 Å². The van der Waals surface area contributed by atoms with Crippen LogP contribution in [-0.2, 0) is 9.59 Å². The van der Waals surface area contributed by atoms with Gasteiger partial charge in [-0.05, 0) is 42.8 Å². The van der Waals surface area contributed by atoms with E-state index in [4.69, 9.17) is 0 Å². The predicted molar refractivity (Wildman–Crippen MR) is 113 cm³/mol. The fourth-order valence-electron chi connectivity index (χ4n) is 3.94. The molecule has 0 bridgehead atoms. The lowest BCUT2D eigenvalue weighted by atomic mass is 10.2. The van der Waals surface area contributed by atoms with Crippen LogP contribution in [0, 0.1) is 0 Å². The van der Waals surface area contributed by atoms with Gasteiger partial charge in [0.1, 0.15) is 5.75 Å². The molecule has 7 heteroatoms. The molecule has 0 aliphatic carbocycles. The van der Waals surface area contributed by atoms with Crippen LogP contribution in [0.1, 0.15) is 12.8 Å². The van der Waals surface area contributed by atoms with Crippen LogP contribution in [-0.4, -0.2) is 61.1 Å². The van der Waals surface area contributed by atoms with Gasteiger partial charge >= 0.3 is 0 Å². The van der Waals surface area contributed by atoms with E-state index in [0.29, 0.717) is 25.2 Å². The standard InChI is InChI=1S/C22H26N4O3/c27-18-9-7-17(8-10-18)25-14-12-24(13-15-25)16-21(28)23-19-4-1-2-5-20(19)26-11-3-6-22(26)29/h1-2,4-5,7-10,27H,3,6,11-16H2,(H,23,28). The van der Waals surface area contributed by atoms with Crippen molar-refractivity contribution in [3.63, 3.8) is 0 Å². The number of nitrogens with one attached hydrogen (secondary N) is 1. The number of para-hydroxylation sites is 2. The molecule has 0 unspecified atom stereocenters. The Labute approximate surface area is 170 Å². The fraction of sp³-hybridized carbons (Fsp3) is 0.364. The summed E-state index contributed by atoms with van der Waals surface area (Å²) >= 11 is 0. The van der Waals surface area contributed by atoms with E-state index in [1.54, 1.807) is 17.0 Å². The van der Waals surface area contributed by atoms with E-state index in [1.807, 2.05) is 36.4 Å². The normalized spacial score (nSPS) is 17.6. The van der Waals surface area contributed by atoms with Crippen LogP contribution in [0.4, 0.5) is 17.1 Å². The average molecular weight is 394 g/mol. The topological polar surface area (TPSA) is 76.1 Å². The minimum atomic E-state index is -0.0674. The van der Waals surface area contributed by atoms with Gasteiger partial charge in [0.15, 0.2) is 0 Å². The zero-order valence-corrected chi connectivity index (χ0v) is 16.4. The molecule has 2 aliphatic rings. The van der Waals surface area contributed by atoms with Gasteiger partial charge in [0.25, 0.3) is 0 Å². The van der Waals surface area contributed by atoms with Crippen LogP contribution >= 0.6 is 0 Å². The largest absolute Gasteiger partial charge is 0.508 e. The van der Waals surface area contributed by atoms with Crippen molar-refractivity contribution < 1.29 is 14.7 Å². The van der Waals surface area contributed by atoms with Crippen molar-refractivity contribution in [2.45, 2.75) is 12.8 Å². The molecule has 0 atom stereocenters. The molecule has 2 fully saturated rings. The summed E-state index contributed by atoms with van der Waals surface area (Å²) in [7, 11) is 0. The summed E-state index contributed by atoms with van der Waals surface area (Å²) in [6.07, 6.45) is 1.42. The van der Waals surface area contributed by atoms with Crippen molar-refractivity contribution in [2.24, 2.45) is 0 Å². The van der Waals surface area contributed by atoms with Crippen LogP contribution in [0.25, 0.3) is 0 Å². The first-order valence-corrected chi connectivity index (χ1v) is 10.1. The van der Waals surface area contributed by atoms with E-state index in [9.17, 15) is 14.7 Å². The van der Waals surface area contributed by atoms with Gasteiger partial charge in [-0.1, -0.05) is 12.1 Å². The maximum Gasteiger partial charge on any atom is 0.238 e. The average Bonchev–Trinajstić information content (AvgIpc) is 3.15. The van der Waals surface area contributed by atoms with Gasteiger partial charge in [-0.3, -0.25) is 14.5 Å². The molecule has 2 aromatic carbocycles. The third-order valence-electron chi connectivity index (χ3n) is 5.50. The monoisotopic (exact) mass is 394 g/mol. The van der Waals surface area contributed by atoms with Gasteiger partial charge in [-0.25, -0.2) is 0 Å². The molecule has 2 aliphatic heterocycles. The minimum Gasteiger partial charge on any atom is -0.508 e. The second-order valence-electron chi connectivity index (χ2n) is 7.49. The Bertz CT molecular complexity index is 876. The quantitative estimate of drug-likeness (QED) is 0.814. The summed E-state index contributed by atoms with van der Waals surface area (Å²) in [6, 6.07) is 14.7. The molecule has 2 saturated heterocycles. The Kier molecular flexibility index (Phi) is 5.67. The number of carbonyl (C=O) groups is 2. The molecule has 2 N–H and O–H groups in total. The maximum atomic E-state index is 12.6. The first-order valence-electron chi connectivity index (χ1n) is 10.1. The lowest BCUT2D eigenvalue weighted by Gasteiger charge is -2.35. The molecular weight excluding hydrogens is 368 g/mol. The summed E-state index contributed by atoms with van der Waals surface area (Å²) < 4.78 is 0. The van der Waals surface area contributed by atoms with Crippen LogP contribution in [0.5, 0.6) is 5.75 Å². The maximum absolute atomic E-state index is 12.6. The summed E-state index contributed by atoms with van der Waals surface area (Å²) in [5.74, 6) is 0.305. The summed E-state index contributed by atoms with van der Waals surface area (Å²) in [6.45, 7) is 4.27. The zero-order valence-electron chi connectivity index (χ0n) is 16.4. The Balaban J connectivity index is 1.32. The minimum absolute atomic E-state index is 0.0674. The molecule has 0 aromatic heterocycles. The number of piperazine rings is 1. The second kappa shape index (κ2) is 8.53. The van der Waals surface area contributed by atoms with Crippen molar-refractivity contribution in [1.29, 1.82) is 0 Å². The molecule has 152 valence electrons. The van der Waals surface area contributed by atoms with Gasteiger partial charge < -0.3 is 20.2 Å². The van der Waals surface area contributed by atoms with E-state index in [2.05, 4.69) is 15.1 Å². The van der Waals surface area contributed by atoms with Crippen LogP contribution in [0.3, 0.4) is 0 Å². The van der Waals surface area contributed by atoms with Gasteiger partial charge in [0.2, 0.25) is 11.8 Å². The molecule has 7 nitrogen and oxygen atoms in total. The van der Waals surface area contributed by atoms with Gasteiger partial charge in [-0.15, -0.1) is 0 Å². The molecule has 0 saturated carbocycles. The highest BCUT2D eigenvalue weighted by Gasteiger charge is 2.25. The van der Waals surface area contributed by atoms with Gasteiger partial charge in [0, 0.05) is 44.8 Å². The van der Waals surface area contributed by atoms with Gasteiger partial charge in [-0.2, -0.15) is 0 Å². The summed E-state index contributed by atoms with van der Waals surface area (Å²) in [5.41, 5.74) is 2.55. The van der Waals surface area contributed by atoms with Crippen molar-refractivity contribution in [3.05, 3.63) is 48.5 Å². The van der Waals surface area contributed by atoms with Crippen molar-refractivity contribution in [2.75, 3.05) is 54.4 Å². The number of hydrogen-bond donors (Lipinski definition) is 2. The van der Waals surface area contributed by atoms with Crippen molar-refractivity contribution >= 4 is 28.9 Å². The summed E-state index contributed by atoms with van der Waals surface area (Å²) in [5, 5.41) is 12.4. The number of carbonyl (C=O) groups excluding carboxylic acids is 2. The van der Waals surface area contributed by atoms with Crippen LogP contribution in [0.15, 0.2) is 48.5 Å². The number of hydrogen-bond acceptors (Lipinski definition) is 5. The van der Waals surface area contributed by atoms with E-state index >= 15 is 0 Å². The van der Waals surface area contributed by atoms with E-state index in [0.717, 1.165) is 44.0 Å². The zero-order chi connectivity index (χ0) is 20.2. The predicted octanol–water partition coefficient (Wildman–Crippen LogP) is 2.28. The molecule has 2 aromatic rings. The third-order valence-corrected chi connectivity index (χ3v) is 5.50. The highest BCUT2D eigenvalue weighted by atomic mass is 16.3. The third kappa shape index (κ3) is 4.51. The second-order valence-corrected chi connectivity index (χ2v) is 7.49. The van der Waals surface area contributed by atoms with E-state index in [-0.39, 0.29) is 17.6 Å². The molecule has 29 heavy (non-hydrogen) atoms. The number of aromatic hydroxyl groups is 1. The number of benzene rings is 2. The van der Waals surface area contributed by atoms with Crippen molar-refractivity contribution in [1.82, 2.24) is 4.90 Å². The Morgan fingerprint density at radius 3 is 2.38 bits per heavy atom. The first-order chi connectivity index (χ1) is 14.1. The molecule has 2 amide bonds. The highest BCUT2D eigenvalue weighted by Crippen LogP contribution is 2.29. The molecule has 2 heterocycles. The molecular formula is C22H26N4O3. The van der Waals surface area contributed by atoms with Crippen LogP contribution < -0.4 is 15.1 Å². The molecule has 0 radical (unpaired) electrons. The van der Waals surface area contributed by atoms with E-state index < -0.39 is 0 Å². The van der Waals surface area contributed by atoms with Crippen LogP contribution in [0.2, 0.25) is 0 Å². The lowest BCUT2D eigenvalue weighted by molar-refractivity contribution is -0.118. The summed E-state index contributed by atoms with van der Waals surface area (Å²) in [4.78, 5) is 30.8. The Morgan fingerprint density at radius 2 is 1.69 bits per heavy atom. The Hall–Kier alpha value is -3.06. The van der Waals surface area contributed by atoms with Gasteiger partial charge in [0.05, 0.1) is 17.9 Å². The number of amides is 2. The number of rotatable bonds is 5. The number of phenols is 1.